The van der Waals surface area contributed by atoms with Crippen molar-refractivity contribution in [1.29, 1.82) is 0 Å². The first-order valence-corrected chi connectivity index (χ1v) is 9.71. The third-order valence-electron chi connectivity index (χ3n) is 3.28. The van der Waals surface area contributed by atoms with Crippen molar-refractivity contribution in [3.8, 4) is 11.4 Å². The monoisotopic (exact) mass is 340 g/mol. The van der Waals surface area contributed by atoms with Gasteiger partial charge in [-0.25, -0.2) is 9.97 Å². The minimum absolute atomic E-state index is 0.389. The minimum atomic E-state index is -1.11. The lowest BCUT2D eigenvalue weighted by atomic mass is 10.2. The van der Waals surface area contributed by atoms with Gasteiger partial charge in [0.1, 0.15) is 5.03 Å². The first kappa shape index (κ1) is 15.9. The second kappa shape index (κ2) is 7.53. The van der Waals surface area contributed by atoms with Crippen LogP contribution in [0.1, 0.15) is 5.69 Å². The van der Waals surface area contributed by atoms with Gasteiger partial charge < -0.3 is 0 Å². The van der Waals surface area contributed by atoms with Gasteiger partial charge in [-0.3, -0.25) is 4.21 Å². The zero-order valence-electron chi connectivity index (χ0n) is 12.7. The van der Waals surface area contributed by atoms with Crippen molar-refractivity contribution in [3.05, 3.63) is 72.4 Å². The highest BCUT2D eigenvalue weighted by Crippen LogP contribution is 2.21. The predicted molar refractivity (Wildman–Crippen MR) is 95.8 cm³/mol. The first-order valence-electron chi connectivity index (χ1n) is 7.17. The summed E-state index contributed by atoms with van der Waals surface area (Å²) in [6.07, 6.45) is 1.98. The van der Waals surface area contributed by atoms with Gasteiger partial charge in [0.25, 0.3) is 0 Å². The number of rotatable bonds is 5. The molecule has 116 valence electrons. The summed E-state index contributed by atoms with van der Waals surface area (Å²) >= 11 is 1.56. The van der Waals surface area contributed by atoms with Gasteiger partial charge in [-0.05, 0) is 24.5 Å². The van der Waals surface area contributed by atoms with Gasteiger partial charge in [-0.1, -0.05) is 48.5 Å². The van der Waals surface area contributed by atoms with E-state index in [1.807, 2.05) is 73.0 Å². The Labute approximate surface area is 142 Å². The highest BCUT2D eigenvalue weighted by Gasteiger charge is 2.10. The molecule has 1 aromatic heterocycles. The number of aromatic nitrogens is 2. The second-order valence-corrected chi connectivity index (χ2v) is 7.17. The maximum atomic E-state index is 12.5. The summed E-state index contributed by atoms with van der Waals surface area (Å²) in [5.41, 5.74) is 1.76. The molecule has 0 aliphatic heterocycles. The molecule has 0 bridgehead atoms. The molecule has 0 amide bonds. The third kappa shape index (κ3) is 4.06. The van der Waals surface area contributed by atoms with Crippen molar-refractivity contribution >= 4 is 22.6 Å². The van der Waals surface area contributed by atoms with Crippen molar-refractivity contribution in [3.63, 3.8) is 0 Å². The Balaban J connectivity index is 1.92. The summed E-state index contributed by atoms with van der Waals surface area (Å²) < 4.78 is 12.5. The lowest BCUT2D eigenvalue weighted by molar-refractivity contribution is 0.682. The molecular formula is C18H16N2OS2. The largest absolute Gasteiger partial charge is 0.254 e. The summed E-state index contributed by atoms with van der Waals surface area (Å²) in [6, 6.07) is 21.3. The van der Waals surface area contributed by atoms with E-state index in [4.69, 9.17) is 0 Å². The quantitative estimate of drug-likeness (QED) is 0.516. The molecular weight excluding hydrogens is 324 g/mol. The predicted octanol–water partition coefficient (Wildman–Crippen LogP) is 4.17. The van der Waals surface area contributed by atoms with Crippen molar-refractivity contribution in [2.75, 3.05) is 6.26 Å². The maximum Gasteiger partial charge on any atom is 0.160 e. The molecule has 0 spiro atoms. The van der Waals surface area contributed by atoms with Gasteiger partial charge in [-0.15, -0.1) is 11.8 Å². The molecule has 1 heterocycles. The Morgan fingerprint density at radius 3 is 2.26 bits per heavy atom. The molecule has 0 fully saturated rings. The molecule has 0 saturated carbocycles. The fourth-order valence-electron chi connectivity index (χ4n) is 2.16. The standard InChI is InChI=1S/C18H16N2OS2/c1-22-17-12-15(13-23(21)16-10-6-3-7-11-16)19-18(20-17)14-8-4-2-5-9-14/h2-12H,13H2,1H3/t23-/m0/s1. The van der Waals surface area contributed by atoms with Crippen LogP contribution in [-0.2, 0) is 16.6 Å². The van der Waals surface area contributed by atoms with E-state index in [1.54, 1.807) is 11.8 Å². The van der Waals surface area contributed by atoms with Crippen LogP contribution in [0.2, 0.25) is 0 Å². The molecule has 0 N–H and O–H groups in total. The van der Waals surface area contributed by atoms with Crippen molar-refractivity contribution in [1.82, 2.24) is 9.97 Å². The topological polar surface area (TPSA) is 42.9 Å². The number of nitrogens with zero attached hydrogens (tertiary/aromatic N) is 2. The molecule has 3 nitrogen and oxygen atoms in total. The molecule has 0 radical (unpaired) electrons. The van der Waals surface area contributed by atoms with Crippen LogP contribution >= 0.6 is 11.8 Å². The summed E-state index contributed by atoms with van der Waals surface area (Å²) in [5.74, 6) is 1.07. The van der Waals surface area contributed by atoms with Crippen LogP contribution in [0.4, 0.5) is 0 Å². The first-order chi connectivity index (χ1) is 11.3. The molecule has 3 aromatic rings. The van der Waals surface area contributed by atoms with E-state index in [-0.39, 0.29) is 0 Å². The average Bonchev–Trinajstić information content (AvgIpc) is 2.63. The molecule has 0 saturated heterocycles. The van der Waals surface area contributed by atoms with E-state index >= 15 is 0 Å². The van der Waals surface area contributed by atoms with E-state index in [0.717, 1.165) is 21.2 Å². The van der Waals surface area contributed by atoms with Crippen LogP contribution in [0.5, 0.6) is 0 Å². The molecule has 1 atom stereocenters. The van der Waals surface area contributed by atoms with Crippen LogP contribution in [0.15, 0.2) is 76.7 Å². The summed E-state index contributed by atoms with van der Waals surface area (Å²) in [6.45, 7) is 0. The lowest BCUT2D eigenvalue weighted by Gasteiger charge is -2.07. The number of hydrogen-bond acceptors (Lipinski definition) is 4. The fraction of sp³-hybridized carbons (Fsp3) is 0.111. The molecule has 0 unspecified atom stereocenters. The van der Waals surface area contributed by atoms with E-state index in [0.29, 0.717) is 11.6 Å². The zero-order chi connectivity index (χ0) is 16.1. The highest BCUT2D eigenvalue weighted by molar-refractivity contribution is 7.98. The Morgan fingerprint density at radius 2 is 1.61 bits per heavy atom. The van der Waals surface area contributed by atoms with Gasteiger partial charge in [0, 0.05) is 10.5 Å². The molecule has 3 rings (SSSR count). The van der Waals surface area contributed by atoms with Crippen molar-refractivity contribution < 1.29 is 4.21 Å². The van der Waals surface area contributed by atoms with Crippen LogP contribution in [0, 0.1) is 0 Å². The van der Waals surface area contributed by atoms with Crippen LogP contribution in [0.3, 0.4) is 0 Å². The zero-order valence-corrected chi connectivity index (χ0v) is 14.3. The number of benzene rings is 2. The van der Waals surface area contributed by atoms with E-state index < -0.39 is 10.8 Å². The Kier molecular flexibility index (Phi) is 5.20. The number of hydrogen-bond donors (Lipinski definition) is 0. The Hall–Kier alpha value is -1.98. The van der Waals surface area contributed by atoms with Crippen LogP contribution in [-0.4, -0.2) is 20.4 Å². The van der Waals surface area contributed by atoms with Crippen LogP contribution in [0.25, 0.3) is 11.4 Å². The summed E-state index contributed by atoms with van der Waals surface area (Å²) in [7, 11) is -1.11. The minimum Gasteiger partial charge on any atom is -0.254 e. The molecule has 0 aliphatic carbocycles. The number of thioether (sulfide) groups is 1. The normalized spacial score (nSPS) is 12.0. The fourth-order valence-corrected chi connectivity index (χ4v) is 3.63. The van der Waals surface area contributed by atoms with E-state index in [9.17, 15) is 4.21 Å². The summed E-state index contributed by atoms with van der Waals surface area (Å²) in [4.78, 5) is 9.97. The van der Waals surface area contributed by atoms with Gasteiger partial charge >= 0.3 is 0 Å². The maximum absolute atomic E-state index is 12.5. The van der Waals surface area contributed by atoms with Gasteiger partial charge in [-0.2, -0.15) is 0 Å². The molecule has 0 aliphatic rings. The lowest BCUT2D eigenvalue weighted by Crippen LogP contribution is -2.02. The van der Waals surface area contributed by atoms with E-state index in [2.05, 4.69) is 9.97 Å². The van der Waals surface area contributed by atoms with Gasteiger partial charge in [0.05, 0.1) is 22.2 Å². The molecule has 5 heteroatoms. The molecule has 23 heavy (non-hydrogen) atoms. The van der Waals surface area contributed by atoms with Crippen molar-refractivity contribution in [2.24, 2.45) is 0 Å². The second-order valence-electron chi connectivity index (χ2n) is 4.89. The average molecular weight is 340 g/mol. The summed E-state index contributed by atoms with van der Waals surface area (Å²) in [5, 5.41) is 0.888. The SMILES string of the molecule is CSc1cc(C[S@](=O)c2ccccc2)nc(-c2ccccc2)n1. The Bertz CT molecular complexity index is 808. The smallest absolute Gasteiger partial charge is 0.160 e. The Morgan fingerprint density at radius 1 is 0.957 bits per heavy atom. The van der Waals surface area contributed by atoms with E-state index in [1.165, 1.54) is 0 Å². The van der Waals surface area contributed by atoms with Crippen LogP contribution < -0.4 is 0 Å². The van der Waals surface area contributed by atoms with Crippen molar-refractivity contribution in [2.45, 2.75) is 15.7 Å². The van der Waals surface area contributed by atoms with Gasteiger partial charge in [0.2, 0.25) is 0 Å². The third-order valence-corrected chi connectivity index (χ3v) is 5.27. The molecule has 2 aromatic carbocycles. The highest BCUT2D eigenvalue weighted by atomic mass is 32.2. The van der Waals surface area contributed by atoms with Gasteiger partial charge in [0.15, 0.2) is 5.82 Å².